The predicted octanol–water partition coefficient (Wildman–Crippen LogP) is 2.85. The number of alkyl halides is 5. The quantitative estimate of drug-likeness (QED) is 0.453. The van der Waals surface area contributed by atoms with Gasteiger partial charge in [0, 0.05) is 12.7 Å². The summed E-state index contributed by atoms with van der Waals surface area (Å²) < 4.78 is 73.9. The summed E-state index contributed by atoms with van der Waals surface area (Å²) in [5.41, 5.74) is 0. The van der Waals surface area contributed by atoms with Crippen molar-refractivity contribution < 1.29 is 36.2 Å². The largest absolute Gasteiger partial charge is 0.443 e. The van der Waals surface area contributed by atoms with Crippen molar-refractivity contribution in [2.75, 3.05) is 6.61 Å². The molecule has 0 aromatic carbocycles. The van der Waals surface area contributed by atoms with Gasteiger partial charge in [0.25, 0.3) is 6.10 Å². The number of rotatable bonds is 4. The molecule has 0 saturated carbocycles. The average Bonchev–Trinajstić information content (AvgIpc) is 2.35. The minimum absolute atomic E-state index is 0.0414. The Morgan fingerprint density at radius 1 is 1.32 bits per heavy atom. The van der Waals surface area contributed by atoms with Crippen molar-refractivity contribution in [1.82, 2.24) is 0 Å². The van der Waals surface area contributed by atoms with Crippen molar-refractivity contribution in [2.24, 2.45) is 0 Å². The van der Waals surface area contributed by atoms with Crippen LogP contribution in [0.3, 0.4) is 0 Å². The van der Waals surface area contributed by atoms with E-state index in [1.54, 1.807) is 0 Å². The van der Waals surface area contributed by atoms with Gasteiger partial charge in [0.15, 0.2) is 0 Å². The number of hydrogen-bond acceptors (Lipinski definition) is 3. The number of halogens is 5. The summed E-state index contributed by atoms with van der Waals surface area (Å²) in [5, 5.41) is 0. The summed E-state index contributed by atoms with van der Waals surface area (Å²) >= 11 is 0. The fraction of sp³-hybridized carbons (Fsp3) is 0.727. The van der Waals surface area contributed by atoms with E-state index in [-0.39, 0.29) is 13.0 Å². The molecule has 1 rings (SSSR count). The van der Waals surface area contributed by atoms with Crippen LogP contribution in [0.5, 0.6) is 0 Å². The van der Waals surface area contributed by atoms with E-state index < -0.39 is 30.3 Å². The van der Waals surface area contributed by atoms with E-state index in [4.69, 9.17) is 0 Å². The third-order valence-corrected chi connectivity index (χ3v) is 2.66. The third kappa shape index (κ3) is 3.89. The molecule has 110 valence electrons. The van der Waals surface area contributed by atoms with Crippen LogP contribution in [-0.2, 0) is 14.3 Å². The molecule has 2 unspecified atom stereocenters. The average molecular weight is 288 g/mol. The molecule has 1 aliphatic heterocycles. The van der Waals surface area contributed by atoms with E-state index in [0.717, 1.165) is 0 Å². The summed E-state index contributed by atoms with van der Waals surface area (Å²) in [7, 11) is 0. The van der Waals surface area contributed by atoms with Gasteiger partial charge in [0.05, 0.1) is 0 Å². The van der Waals surface area contributed by atoms with E-state index in [9.17, 15) is 26.7 Å². The van der Waals surface area contributed by atoms with Gasteiger partial charge in [-0.15, -0.1) is 0 Å². The van der Waals surface area contributed by atoms with Crippen LogP contribution in [0.15, 0.2) is 12.7 Å². The highest BCUT2D eigenvalue weighted by Crippen LogP contribution is 2.40. The van der Waals surface area contributed by atoms with E-state index >= 15 is 0 Å². The molecule has 3 nitrogen and oxygen atoms in total. The SMILES string of the molecule is C=CC(=O)OC(C(F)(F)F)C(F)(F)C1CCCCO1. The highest BCUT2D eigenvalue weighted by molar-refractivity contribution is 5.81. The van der Waals surface area contributed by atoms with Crippen LogP contribution in [-0.4, -0.2) is 36.9 Å². The Morgan fingerprint density at radius 2 is 1.95 bits per heavy atom. The molecule has 1 fully saturated rings. The minimum atomic E-state index is -5.39. The highest BCUT2D eigenvalue weighted by Gasteiger charge is 2.62. The maximum absolute atomic E-state index is 13.8. The van der Waals surface area contributed by atoms with Crippen molar-refractivity contribution in [2.45, 2.75) is 43.6 Å². The van der Waals surface area contributed by atoms with E-state index in [1.807, 2.05) is 0 Å². The molecule has 0 aromatic rings. The smallest absolute Gasteiger partial charge is 0.431 e. The lowest BCUT2D eigenvalue weighted by molar-refractivity contribution is -0.302. The number of ether oxygens (including phenoxy) is 2. The molecule has 2 atom stereocenters. The summed E-state index contributed by atoms with van der Waals surface area (Å²) in [4.78, 5) is 10.8. The van der Waals surface area contributed by atoms with Crippen molar-refractivity contribution in [3.63, 3.8) is 0 Å². The first-order valence-corrected chi connectivity index (χ1v) is 5.58. The molecule has 0 bridgehead atoms. The van der Waals surface area contributed by atoms with Crippen LogP contribution in [0.4, 0.5) is 22.0 Å². The zero-order valence-corrected chi connectivity index (χ0v) is 9.88. The van der Waals surface area contributed by atoms with Crippen LogP contribution in [0.1, 0.15) is 19.3 Å². The first-order valence-electron chi connectivity index (χ1n) is 5.58. The van der Waals surface area contributed by atoms with Crippen LogP contribution in [0.2, 0.25) is 0 Å². The molecule has 0 N–H and O–H groups in total. The Morgan fingerprint density at radius 3 is 2.37 bits per heavy atom. The molecule has 0 amide bonds. The molecule has 1 aliphatic rings. The molecule has 0 spiro atoms. The van der Waals surface area contributed by atoms with Crippen molar-refractivity contribution >= 4 is 5.97 Å². The van der Waals surface area contributed by atoms with Gasteiger partial charge < -0.3 is 9.47 Å². The highest BCUT2D eigenvalue weighted by atomic mass is 19.4. The van der Waals surface area contributed by atoms with Crippen molar-refractivity contribution in [3.8, 4) is 0 Å². The van der Waals surface area contributed by atoms with Gasteiger partial charge in [0.2, 0.25) is 0 Å². The van der Waals surface area contributed by atoms with Crippen molar-refractivity contribution in [1.29, 1.82) is 0 Å². The summed E-state index contributed by atoms with van der Waals surface area (Å²) in [6.45, 7) is 2.83. The predicted molar refractivity (Wildman–Crippen MR) is 54.7 cm³/mol. The Kier molecular flexibility index (Phi) is 4.89. The first-order chi connectivity index (χ1) is 8.69. The van der Waals surface area contributed by atoms with E-state index in [2.05, 4.69) is 16.1 Å². The lowest BCUT2D eigenvalue weighted by Crippen LogP contribution is -2.55. The zero-order valence-electron chi connectivity index (χ0n) is 9.88. The standard InChI is InChI=1S/C11H13F5O3/c1-2-8(17)19-9(11(14,15)16)10(12,13)7-5-3-4-6-18-7/h2,7,9H,1,3-6H2. The van der Waals surface area contributed by atoms with Gasteiger partial charge in [-0.05, 0) is 19.3 Å². The first kappa shape index (κ1) is 15.9. The summed E-state index contributed by atoms with van der Waals surface area (Å²) in [6.07, 6.45) is -9.81. The number of carbonyl (C=O) groups is 1. The normalized spacial score (nSPS) is 22.7. The van der Waals surface area contributed by atoms with Gasteiger partial charge in [-0.3, -0.25) is 0 Å². The molecule has 0 aliphatic carbocycles. The maximum Gasteiger partial charge on any atom is 0.431 e. The second-order valence-corrected chi connectivity index (χ2v) is 4.09. The molecule has 0 aromatic heterocycles. The third-order valence-electron chi connectivity index (χ3n) is 2.66. The Balaban J connectivity index is 2.93. The van der Waals surface area contributed by atoms with Gasteiger partial charge in [-0.1, -0.05) is 6.58 Å². The zero-order chi connectivity index (χ0) is 14.7. The molecule has 1 heterocycles. The molecule has 19 heavy (non-hydrogen) atoms. The Bertz CT molecular complexity index is 334. The number of hydrogen-bond donors (Lipinski definition) is 0. The number of esters is 1. The monoisotopic (exact) mass is 288 g/mol. The van der Waals surface area contributed by atoms with Crippen LogP contribution < -0.4 is 0 Å². The Labute approximate surface area is 106 Å². The molecular weight excluding hydrogens is 275 g/mol. The topological polar surface area (TPSA) is 35.5 Å². The van der Waals surface area contributed by atoms with Crippen molar-refractivity contribution in [3.05, 3.63) is 12.7 Å². The fourth-order valence-corrected chi connectivity index (χ4v) is 1.74. The van der Waals surface area contributed by atoms with Gasteiger partial charge in [-0.2, -0.15) is 22.0 Å². The second-order valence-electron chi connectivity index (χ2n) is 4.09. The summed E-state index contributed by atoms with van der Waals surface area (Å²) in [6, 6.07) is 0. The van der Waals surface area contributed by atoms with Gasteiger partial charge >= 0.3 is 18.1 Å². The van der Waals surface area contributed by atoms with Gasteiger partial charge in [0.1, 0.15) is 6.10 Å². The maximum atomic E-state index is 13.8. The lowest BCUT2D eigenvalue weighted by atomic mass is 9.98. The van der Waals surface area contributed by atoms with Gasteiger partial charge in [-0.25, -0.2) is 4.79 Å². The minimum Gasteiger partial charge on any atom is -0.443 e. The van der Waals surface area contributed by atoms with E-state index in [1.165, 1.54) is 0 Å². The second kappa shape index (κ2) is 5.85. The number of carbonyl (C=O) groups excluding carboxylic acids is 1. The van der Waals surface area contributed by atoms with Crippen LogP contribution in [0.25, 0.3) is 0 Å². The summed E-state index contributed by atoms with van der Waals surface area (Å²) in [5.74, 6) is -5.89. The fourth-order valence-electron chi connectivity index (χ4n) is 1.74. The Hall–Kier alpha value is -1.18. The lowest BCUT2D eigenvalue weighted by Gasteiger charge is -2.35. The molecule has 8 heteroatoms. The van der Waals surface area contributed by atoms with E-state index in [0.29, 0.717) is 18.9 Å². The molecule has 1 saturated heterocycles. The van der Waals surface area contributed by atoms with Crippen LogP contribution >= 0.6 is 0 Å². The molecule has 0 radical (unpaired) electrons. The van der Waals surface area contributed by atoms with Crippen LogP contribution in [0, 0.1) is 0 Å². The molecular formula is C11H13F5O3.